The lowest BCUT2D eigenvalue weighted by Gasteiger charge is -2.31. The predicted molar refractivity (Wildman–Crippen MR) is 144 cm³/mol. The molecule has 4 amide bonds. The van der Waals surface area contributed by atoms with E-state index in [1.165, 1.54) is 9.80 Å². The number of likely N-dealkylation sites (N-methyl/N-ethyl adjacent to an activating group) is 1. The molecule has 2 saturated heterocycles. The first kappa shape index (κ1) is 26.1. The normalized spacial score (nSPS) is 26.0. The van der Waals surface area contributed by atoms with Gasteiger partial charge in [0.05, 0.1) is 18.4 Å². The second kappa shape index (κ2) is 9.98. The molecule has 5 rings (SSSR count). The Kier molecular flexibility index (Phi) is 6.86. The van der Waals surface area contributed by atoms with Crippen molar-refractivity contribution in [3.63, 3.8) is 0 Å². The first-order chi connectivity index (χ1) is 18.2. The number of nitrogens with zero attached hydrogens (tertiary/aromatic N) is 3. The molecule has 1 spiro atoms. The number of likely N-dealkylation sites (tertiary alicyclic amines) is 1. The summed E-state index contributed by atoms with van der Waals surface area (Å²) < 4.78 is 0. The lowest BCUT2D eigenvalue weighted by Crippen LogP contribution is -2.56. The summed E-state index contributed by atoms with van der Waals surface area (Å²) >= 11 is 0. The number of imide groups is 1. The van der Waals surface area contributed by atoms with E-state index in [0.29, 0.717) is 30.8 Å². The van der Waals surface area contributed by atoms with E-state index in [9.17, 15) is 19.2 Å². The molecular weight excluding hydrogens is 480 g/mol. The van der Waals surface area contributed by atoms with Gasteiger partial charge in [-0.15, -0.1) is 0 Å². The second-order valence-corrected chi connectivity index (χ2v) is 10.9. The molecule has 38 heavy (non-hydrogen) atoms. The molecule has 0 radical (unpaired) electrons. The van der Waals surface area contributed by atoms with E-state index in [-0.39, 0.29) is 48.7 Å². The molecule has 2 fully saturated rings. The summed E-state index contributed by atoms with van der Waals surface area (Å²) in [5.74, 6) is -2.31. The average Bonchev–Trinajstić information content (AvgIpc) is 3.45. The van der Waals surface area contributed by atoms with Crippen LogP contribution in [0.3, 0.4) is 0 Å². The van der Waals surface area contributed by atoms with Crippen LogP contribution in [0.2, 0.25) is 0 Å². The van der Waals surface area contributed by atoms with Gasteiger partial charge < -0.3 is 9.80 Å². The van der Waals surface area contributed by atoms with Crippen molar-refractivity contribution in [2.24, 2.45) is 17.8 Å². The largest absolute Gasteiger partial charge is 0.342 e. The molecule has 0 saturated carbocycles. The second-order valence-electron chi connectivity index (χ2n) is 10.9. The quantitative estimate of drug-likeness (QED) is 0.545. The van der Waals surface area contributed by atoms with Crippen LogP contribution in [0, 0.1) is 17.8 Å². The van der Waals surface area contributed by atoms with Crippen molar-refractivity contribution in [1.29, 1.82) is 0 Å². The van der Waals surface area contributed by atoms with Crippen LogP contribution < -0.4 is 10.2 Å². The fourth-order valence-corrected chi connectivity index (χ4v) is 6.61. The SMILES string of the molecule is CCN(CC)C(=O)CN1C(=O)[C@]2(N[C@@H](CC(C)C)[C@H]3C(=O)N(Cc4ccccc4)C(=O)[C@H]32)c2ccccc21. The van der Waals surface area contributed by atoms with Gasteiger partial charge in [0.15, 0.2) is 0 Å². The number of fused-ring (bicyclic) bond motifs is 4. The Labute approximate surface area is 224 Å². The summed E-state index contributed by atoms with van der Waals surface area (Å²) in [6.07, 6.45) is 0.648. The van der Waals surface area contributed by atoms with Gasteiger partial charge in [-0.2, -0.15) is 0 Å². The third-order valence-electron chi connectivity index (χ3n) is 8.28. The van der Waals surface area contributed by atoms with Gasteiger partial charge in [0.25, 0.3) is 5.91 Å². The Morgan fingerprint density at radius 1 is 0.947 bits per heavy atom. The van der Waals surface area contributed by atoms with Gasteiger partial charge in [-0.05, 0) is 37.8 Å². The molecule has 3 aliphatic rings. The maximum absolute atomic E-state index is 14.4. The van der Waals surface area contributed by atoms with Crippen LogP contribution in [0.25, 0.3) is 0 Å². The van der Waals surface area contributed by atoms with Crippen LogP contribution >= 0.6 is 0 Å². The summed E-state index contributed by atoms with van der Waals surface area (Å²) in [6, 6.07) is 16.5. The van der Waals surface area contributed by atoms with E-state index < -0.39 is 17.4 Å². The number of carbonyl (C=O) groups excluding carboxylic acids is 4. The van der Waals surface area contributed by atoms with Gasteiger partial charge in [0.1, 0.15) is 12.1 Å². The molecule has 8 nitrogen and oxygen atoms in total. The average molecular weight is 517 g/mol. The monoisotopic (exact) mass is 516 g/mol. The van der Waals surface area contributed by atoms with E-state index >= 15 is 0 Å². The van der Waals surface area contributed by atoms with Gasteiger partial charge in [0, 0.05) is 30.4 Å². The van der Waals surface area contributed by atoms with E-state index in [2.05, 4.69) is 19.2 Å². The van der Waals surface area contributed by atoms with Crippen molar-refractivity contribution >= 4 is 29.3 Å². The van der Waals surface area contributed by atoms with E-state index in [0.717, 1.165) is 5.56 Å². The van der Waals surface area contributed by atoms with Crippen molar-refractivity contribution in [3.8, 4) is 0 Å². The number of carbonyl (C=O) groups is 4. The van der Waals surface area contributed by atoms with Crippen LogP contribution in [0.15, 0.2) is 54.6 Å². The number of benzene rings is 2. The number of amides is 4. The highest BCUT2D eigenvalue weighted by Gasteiger charge is 2.71. The fraction of sp³-hybridized carbons (Fsp3) is 0.467. The van der Waals surface area contributed by atoms with Gasteiger partial charge in [0.2, 0.25) is 17.7 Å². The maximum atomic E-state index is 14.4. The van der Waals surface area contributed by atoms with Crippen LogP contribution in [-0.4, -0.2) is 59.1 Å². The van der Waals surface area contributed by atoms with Gasteiger partial charge in [-0.3, -0.25) is 29.4 Å². The minimum atomic E-state index is -1.39. The van der Waals surface area contributed by atoms with Crippen molar-refractivity contribution in [2.45, 2.75) is 52.2 Å². The highest BCUT2D eigenvalue weighted by atomic mass is 16.2. The summed E-state index contributed by atoms with van der Waals surface area (Å²) in [5.41, 5.74) is 0.765. The summed E-state index contributed by atoms with van der Waals surface area (Å²) in [4.78, 5) is 60.0. The summed E-state index contributed by atoms with van der Waals surface area (Å²) in [5, 5.41) is 3.53. The molecule has 200 valence electrons. The zero-order chi connectivity index (χ0) is 27.2. The summed E-state index contributed by atoms with van der Waals surface area (Å²) in [6.45, 7) is 9.13. The highest BCUT2D eigenvalue weighted by molar-refractivity contribution is 6.17. The molecule has 0 aliphatic carbocycles. The number of hydrogen-bond donors (Lipinski definition) is 1. The molecule has 0 aromatic heterocycles. The van der Waals surface area contributed by atoms with Crippen LogP contribution in [0.1, 0.15) is 45.2 Å². The predicted octanol–water partition coefficient (Wildman–Crippen LogP) is 2.92. The first-order valence-corrected chi connectivity index (χ1v) is 13.6. The third-order valence-corrected chi connectivity index (χ3v) is 8.28. The molecule has 0 bridgehead atoms. The van der Waals surface area contributed by atoms with Crippen molar-refractivity contribution in [2.75, 3.05) is 24.5 Å². The van der Waals surface area contributed by atoms with Crippen LogP contribution in [-0.2, 0) is 31.3 Å². The molecule has 1 N–H and O–H groups in total. The van der Waals surface area contributed by atoms with Crippen molar-refractivity contribution in [1.82, 2.24) is 15.1 Å². The minimum absolute atomic E-state index is 0.108. The smallest absolute Gasteiger partial charge is 0.253 e. The van der Waals surface area contributed by atoms with Gasteiger partial charge in [-0.25, -0.2) is 0 Å². The lowest BCUT2D eigenvalue weighted by atomic mass is 9.76. The lowest BCUT2D eigenvalue weighted by molar-refractivity contribution is -0.143. The number of para-hydroxylation sites is 1. The van der Waals surface area contributed by atoms with Crippen LogP contribution in [0.5, 0.6) is 0 Å². The highest BCUT2D eigenvalue weighted by Crippen LogP contribution is 2.55. The van der Waals surface area contributed by atoms with Gasteiger partial charge >= 0.3 is 0 Å². The van der Waals surface area contributed by atoms with E-state index in [1.54, 1.807) is 4.90 Å². The zero-order valence-electron chi connectivity index (χ0n) is 22.5. The molecule has 4 atom stereocenters. The number of nitrogens with one attached hydrogen (secondary N) is 1. The standard InChI is InChI=1S/C30H36N4O4/c1-5-32(6-2)24(35)18-33-23-15-11-10-14-21(23)30(29(33)38)26-25(22(31-30)16-19(3)4)27(36)34(28(26)37)17-20-12-8-7-9-13-20/h7-15,19,22,25-26,31H,5-6,16-18H2,1-4H3/t22-,25+,26-,30-/m0/s1. The molecular formula is C30H36N4O4. The molecule has 8 heteroatoms. The zero-order valence-corrected chi connectivity index (χ0v) is 22.5. The molecule has 3 heterocycles. The molecule has 2 aromatic rings. The first-order valence-electron chi connectivity index (χ1n) is 13.6. The Hall–Kier alpha value is -3.52. The molecule has 0 unspecified atom stereocenters. The number of hydrogen-bond acceptors (Lipinski definition) is 5. The van der Waals surface area contributed by atoms with Gasteiger partial charge in [-0.1, -0.05) is 62.4 Å². The van der Waals surface area contributed by atoms with E-state index in [4.69, 9.17) is 0 Å². The Morgan fingerprint density at radius 2 is 1.61 bits per heavy atom. The summed E-state index contributed by atoms with van der Waals surface area (Å²) in [7, 11) is 0. The molecule has 3 aliphatic heterocycles. The van der Waals surface area contributed by atoms with Crippen LogP contribution in [0.4, 0.5) is 5.69 Å². The molecule has 2 aromatic carbocycles. The fourth-order valence-electron chi connectivity index (χ4n) is 6.61. The topological polar surface area (TPSA) is 90.0 Å². The number of anilines is 1. The maximum Gasteiger partial charge on any atom is 0.253 e. The Morgan fingerprint density at radius 3 is 2.26 bits per heavy atom. The third kappa shape index (κ3) is 3.93. The minimum Gasteiger partial charge on any atom is -0.342 e. The van der Waals surface area contributed by atoms with Crippen molar-refractivity contribution in [3.05, 3.63) is 65.7 Å². The van der Waals surface area contributed by atoms with Crippen molar-refractivity contribution < 1.29 is 19.2 Å². The number of rotatable bonds is 8. The Bertz CT molecular complexity index is 1260. The van der Waals surface area contributed by atoms with E-state index in [1.807, 2.05) is 68.4 Å². The Balaban J connectivity index is 1.58.